The van der Waals surface area contributed by atoms with Crippen molar-refractivity contribution in [3.63, 3.8) is 0 Å². The normalized spacial score (nSPS) is 21.2. The molecule has 22 heavy (non-hydrogen) atoms. The van der Waals surface area contributed by atoms with Crippen LogP contribution in [-0.4, -0.2) is 52.7 Å². The van der Waals surface area contributed by atoms with Crippen molar-refractivity contribution in [2.24, 2.45) is 0 Å². The quantitative estimate of drug-likeness (QED) is 0.895. The average Bonchev–Trinajstić information content (AvgIpc) is 2.95. The molecule has 0 atom stereocenters. The Morgan fingerprint density at radius 1 is 1.18 bits per heavy atom. The van der Waals surface area contributed by atoms with Gasteiger partial charge >= 0.3 is 0 Å². The summed E-state index contributed by atoms with van der Waals surface area (Å²) >= 11 is 12.0. The molecule has 120 valence electrons. The van der Waals surface area contributed by atoms with Crippen LogP contribution in [0.1, 0.15) is 25.7 Å². The molecule has 1 amide bonds. The van der Waals surface area contributed by atoms with E-state index in [1.54, 1.807) is 17.2 Å². The Kier molecular flexibility index (Phi) is 4.48. The number of hydrogen-bond donors (Lipinski definition) is 1. The Labute approximate surface area is 139 Å². The van der Waals surface area contributed by atoms with Crippen LogP contribution in [0.25, 0.3) is 0 Å². The number of hydrogen-bond acceptors (Lipinski definition) is 4. The summed E-state index contributed by atoms with van der Waals surface area (Å²) in [5, 5.41) is 11.4. The van der Waals surface area contributed by atoms with Crippen LogP contribution < -0.4 is 4.90 Å². The van der Waals surface area contributed by atoms with Gasteiger partial charge in [-0.2, -0.15) is 0 Å². The minimum absolute atomic E-state index is 0.125. The highest BCUT2D eigenvalue weighted by atomic mass is 35.5. The molecule has 1 saturated carbocycles. The van der Waals surface area contributed by atoms with Crippen LogP contribution in [0.3, 0.4) is 0 Å². The summed E-state index contributed by atoms with van der Waals surface area (Å²) in [5.74, 6) is 0.567. The number of piperazine rings is 1. The van der Waals surface area contributed by atoms with Crippen molar-refractivity contribution in [2.45, 2.75) is 31.3 Å². The summed E-state index contributed by atoms with van der Waals surface area (Å²) in [6, 6.07) is 1.67. The fourth-order valence-corrected chi connectivity index (χ4v) is 3.73. The van der Waals surface area contributed by atoms with E-state index in [0.29, 0.717) is 54.9 Å². The lowest BCUT2D eigenvalue weighted by Gasteiger charge is -2.38. The van der Waals surface area contributed by atoms with Gasteiger partial charge in [0.1, 0.15) is 11.4 Å². The van der Waals surface area contributed by atoms with Gasteiger partial charge in [-0.25, -0.2) is 4.98 Å². The molecule has 0 radical (unpaired) electrons. The molecule has 0 bridgehead atoms. The maximum atomic E-state index is 12.5. The summed E-state index contributed by atoms with van der Waals surface area (Å²) in [6.07, 6.45) is 4.58. The Bertz CT molecular complexity index is 568. The Morgan fingerprint density at radius 2 is 1.82 bits per heavy atom. The molecule has 1 aliphatic heterocycles. The lowest BCUT2D eigenvalue weighted by Crippen LogP contribution is -2.55. The molecule has 2 fully saturated rings. The minimum atomic E-state index is -1.14. The zero-order chi connectivity index (χ0) is 15.7. The monoisotopic (exact) mass is 343 g/mol. The van der Waals surface area contributed by atoms with Crippen molar-refractivity contribution < 1.29 is 9.90 Å². The molecule has 1 aromatic heterocycles. The summed E-state index contributed by atoms with van der Waals surface area (Å²) in [4.78, 5) is 20.5. The number of halogens is 2. The summed E-state index contributed by atoms with van der Waals surface area (Å²) in [7, 11) is 0. The van der Waals surface area contributed by atoms with Gasteiger partial charge in [0.15, 0.2) is 0 Å². The highest BCUT2D eigenvalue weighted by Crippen LogP contribution is 2.32. The number of aliphatic hydroxyl groups is 1. The average molecular weight is 344 g/mol. The molecule has 2 heterocycles. The van der Waals surface area contributed by atoms with Gasteiger partial charge in [0.25, 0.3) is 5.91 Å². The second-order valence-corrected chi connectivity index (χ2v) is 6.82. The topological polar surface area (TPSA) is 56.7 Å². The van der Waals surface area contributed by atoms with E-state index in [1.807, 2.05) is 4.90 Å². The maximum absolute atomic E-state index is 12.5. The first kappa shape index (κ1) is 15.8. The maximum Gasteiger partial charge on any atom is 0.254 e. The van der Waals surface area contributed by atoms with Crippen molar-refractivity contribution in [2.75, 3.05) is 31.1 Å². The van der Waals surface area contributed by atoms with Gasteiger partial charge in [-0.3, -0.25) is 4.79 Å². The zero-order valence-corrected chi connectivity index (χ0v) is 13.8. The SMILES string of the molecule is O=C(N1CCN(c2ncc(Cl)cc2Cl)CC1)C1(O)CCCC1. The Balaban J connectivity index is 1.64. The summed E-state index contributed by atoms with van der Waals surface area (Å²) < 4.78 is 0. The van der Waals surface area contributed by atoms with E-state index < -0.39 is 5.60 Å². The standard InChI is InChI=1S/C15H19Cl2N3O2/c16-11-9-12(17)13(18-10-11)19-5-7-20(8-6-19)14(21)15(22)3-1-2-4-15/h9-10,22H,1-8H2. The number of amides is 1. The van der Waals surface area contributed by atoms with Gasteiger partial charge < -0.3 is 14.9 Å². The van der Waals surface area contributed by atoms with E-state index in [1.165, 1.54) is 0 Å². The predicted molar refractivity (Wildman–Crippen MR) is 86.5 cm³/mol. The number of nitrogens with zero attached hydrogens (tertiary/aromatic N) is 3. The number of anilines is 1. The number of pyridine rings is 1. The first-order chi connectivity index (χ1) is 10.5. The molecule has 3 rings (SSSR count). The Morgan fingerprint density at radius 3 is 2.41 bits per heavy atom. The van der Waals surface area contributed by atoms with Crippen LogP contribution in [0.5, 0.6) is 0 Å². The second-order valence-electron chi connectivity index (χ2n) is 5.98. The van der Waals surface area contributed by atoms with E-state index in [2.05, 4.69) is 4.98 Å². The van der Waals surface area contributed by atoms with E-state index in [0.717, 1.165) is 12.8 Å². The fraction of sp³-hybridized carbons (Fsp3) is 0.600. The second kappa shape index (κ2) is 6.22. The molecule has 2 aliphatic rings. The molecule has 7 heteroatoms. The van der Waals surface area contributed by atoms with Gasteiger partial charge in [0, 0.05) is 32.4 Å². The van der Waals surface area contributed by atoms with Crippen LogP contribution in [0.4, 0.5) is 5.82 Å². The molecular formula is C15H19Cl2N3O2. The minimum Gasteiger partial charge on any atom is -0.380 e. The number of rotatable bonds is 2. The van der Waals surface area contributed by atoms with Crippen molar-refractivity contribution >= 4 is 34.9 Å². The Hall–Kier alpha value is -1.04. The van der Waals surface area contributed by atoms with Crippen LogP contribution in [-0.2, 0) is 4.79 Å². The third kappa shape index (κ3) is 3.03. The molecule has 1 saturated heterocycles. The fourth-order valence-electron chi connectivity index (χ4n) is 3.23. The van der Waals surface area contributed by atoms with Crippen LogP contribution >= 0.6 is 23.2 Å². The first-order valence-corrected chi connectivity index (χ1v) is 8.33. The van der Waals surface area contributed by atoms with Gasteiger partial charge in [-0.1, -0.05) is 23.2 Å². The molecule has 1 N–H and O–H groups in total. The molecule has 5 nitrogen and oxygen atoms in total. The smallest absolute Gasteiger partial charge is 0.254 e. The van der Waals surface area contributed by atoms with E-state index in [9.17, 15) is 9.90 Å². The van der Waals surface area contributed by atoms with E-state index in [-0.39, 0.29) is 5.91 Å². The predicted octanol–water partition coefficient (Wildman–Crippen LogP) is 2.34. The van der Waals surface area contributed by atoms with Gasteiger partial charge in [0.05, 0.1) is 10.0 Å². The van der Waals surface area contributed by atoms with Crippen LogP contribution in [0.2, 0.25) is 10.0 Å². The number of carbonyl (C=O) groups excluding carboxylic acids is 1. The third-order valence-corrected chi connectivity index (χ3v) is 4.97. The van der Waals surface area contributed by atoms with Crippen molar-refractivity contribution in [1.82, 2.24) is 9.88 Å². The number of aromatic nitrogens is 1. The van der Waals surface area contributed by atoms with Crippen LogP contribution in [0.15, 0.2) is 12.3 Å². The first-order valence-electron chi connectivity index (χ1n) is 7.57. The molecule has 0 spiro atoms. The van der Waals surface area contributed by atoms with E-state index >= 15 is 0 Å². The van der Waals surface area contributed by atoms with Gasteiger partial charge in [-0.05, 0) is 31.7 Å². The lowest BCUT2D eigenvalue weighted by atomic mass is 10.00. The third-order valence-electron chi connectivity index (χ3n) is 4.48. The molecule has 1 aliphatic carbocycles. The molecule has 0 aromatic carbocycles. The zero-order valence-electron chi connectivity index (χ0n) is 12.3. The lowest BCUT2D eigenvalue weighted by molar-refractivity contribution is -0.151. The molecule has 1 aromatic rings. The van der Waals surface area contributed by atoms with Crippen molar-refractivity contribution in [3.05, 3.63) is 22.3 Å². The van der Waals surface area contributed by atoms with Crippen LogP contribution in [0, 0.1) is 0 Å². The largest absolute Gasteiger partial charge is 0.380 e. The van der Waals surface area contributed by atoms with Crippen molar-refractivity contribution in [3.8, 4) is 0 Å². The van der Waals surface area contributed by atoms with Crippen molar-refractivity contribution in [1.29, 1.82) is 0 Å². The highest BCUT2D eigenvalue weighted by molar-refractivity contribution is 6.36. The number of carbonyl (C=O) groups is 1. The van der Waals surface area contributed by atoms with E-state index in [4.69, 9.17) is 23.2 Å². The van der Waals surface area contributed by atoms with Gasteiger partial charge in [-0.15, -0.1) is 0 Å². The van der Waals surface area contributed by atoms with Gasteiger partial charge in [0.2, 0.25) is 0 Å². The highest BCUT2D eigenvalue weighted by Gasteiger charge is 2.42. The molecule has 0 unspecified atom stereocenters. The summed E-state index contributed by atoms with van der Waals surface area (Å²) in [6.45, 7) is 2.44. The molecular weight excluding hydrogens is 325 g/mol. The summed E-state index contributed by atoms with van der Waals surface area (Å²) in [5.41, 5.74) is -1.14.